The van der Waals surface area contributed by atoms with Crippen LogP contribution in [0.1, 0.15) is 32.1 Å². The van der Waals surface area contributed by atoms with Gasteiger partial charge < -0.3 is 5.32 Å². The summed E-state index contributed by atoms with van der Waals surface area (Å²) in [5, 5.41) is 3.68. The Kier molecular flexibility index (Phi) is 5.24. The molecular weight excluding hydrogens is 308 g/mol. The number of nitrogens with one attached hydrogen (secondary N) is 1. The molecule has 0 radical (unpaired) electrons. The van der Waals surface area contributed by atoms with Crippen molar-refractivity contribution in [3.05, 3.63) is 20.8 Å². The predicted octanol–water partition coefficient (Wildman–Crippen LogP) is 3.72. The van der Waals surface area contributed by atoms with Gasteiger partial charge in [-0.2, -0.15) is 0 Å². The van der Waals surface area contributed by atoms with Crippen molar-refractivity contribution in [2.24, 2.45) is 5.92 Å². The first-order valence-corrected chi connectivity index (χ1v) is 8.39. The molecule has 0 bridgehead atoms. The molecule has 2 atom stereocenters. The average Bonchev–Trinajstić information content (AvgIpc) is 2.62. The van der Waals surface area contributed by atoms with Crippen LogP contribution in [0, 0.1) is 5.92 Å². The topological polar surface area (TPSA) is 15.3 Å². The Morgan fingerprint density at radius 2 is 2.28 bits per heavy atom. The minimum Gasteiger partial charge on any atom is -0.312 e. The van der Waals surface area contributed by atoms with Gasteiger partial charge in [-0.1, -0.05) is 13.8 Å². The van der Waals surface area contributed by atoms with Crippen molar-refractivity contribution < 1.29 is 0 Å². The number of hydrogen-bond acceptors (Lipinski definition) is 3. The summed E-state index contributed by atoms with van der Waals surface area (Å²) in [7, 11) is 0. The molecule has 1 aromatic heterocycles. The van der Waals surface area contributed by atoms with Crippen LogP contribution in [0.5, 0.6) is 0 Å². The minimum atomic E-state index is 0.623. The fraction of sp³-hybridized carbons (Fsp3) is 0.714. The Balaban J connectivity index is 2.03. The van der Waals surface area contributed by atoms with Crippen LogP contribution in [0.25, 0.3) is 0 Å². The maximum absolute atomic E-state index is 3.68. The molecule has 0 spiro atoms. The van der Waals surface area contributed by atoms with Gasteiger partial charge in [-0.25, -0.2) is 0 Å². The van der Waals surface area contributed by atoms with Crippen molar-refractivity contribution in [3.8, 4) is 0 Å². The van der Waals surface area contributed by atoms with Crippen LogP contribution in [-0.4, -0.2) is 30.1 Å². The van der Waals surface area contributed by atoms with Crippen molar-refractivity contribution in [2.45, 2.75) is 45.8 Å². The molecule has 18 heavy (non-hydrogen) atoms. The van der Waals surface area contributed by atoms with Gasteiger partial charge in [-0.3, -0.25) is 4.90 Å². The van der Waals surface area contributed by atoms with Gasteiger partial charge in [-0.05, 0) is 53.9 Å². The molecule has 0 aliphatic carbocycles. The molecule has 0 saturated carbocycles. The Labute approximate surface area is 123 Å². The third kappa shape index (κ3) is 3.80. The van der Waals surface area contributed by atoms with E-state index in [2.05, 4.69) is 59.1 Å². The van der Waals surface area contributed by atoms with E-state index < -0.39 is 0 Å². The van der Waals surface area contributed by atoms with E-state index in [9.17, 15) is 0 Å². The first-order chi connectivity index (χ1) is 8.56. The second-order valence-electron chi connectivity index (χ2n) is 5.58. The van der Waals surface area contributed by atoms with Crippen molar-refractivity contribution in [1.82, 2.24) is 10.2 Å². The summed E-state index contributed by atoms with van der Waals surface area (Å²) in [6, 6.07) is 5.69. The lowest BCUT2D eigenvalue weighted by atomic mass is 10.0. The second-order valence-corrected chi connectivity index (χ2v) is 8.13. The van der Waals surface area contributed by atoms with Crippen LogP contribution in [0.3, 0.4) is 0 Å². The first kappa shape index (κ1) is 14.5. The standard InChI is InChI=1S/C14H23BrN2S/c1-10(2)13-9-17(11(3)6-7-16-13)8-12-4-5-14(15)18-12/h4-5,10-11,13,16H,6-9H2,1-3H3. The molecule has 4 heteroatoms. The molecule has 2 unspecified atom stereocenters. The zero-order chi connectivity index (χ0) is 13.1. The van der Waals surface area contributed by atoms with Gasteiger partial charge in [0.25, 0.3) is 0 Å². The number of hydrogen-bond donors (Lipinski definition) is 1. The summed E-state index contributed by atoms with van der Waals surface area (Å²) in [6.07, 6.45) is 1.25. The molecule has 1 fully saturated rings. The van der Waals surface area contributed by atoms with E-state index in [1.54, 1.807) is 0 Å². The SMILES string of the molecule is CC(C)C1CN(Cc2ccc(Br)s2)C(C)CCN1. The highest BCUT2D eigenvalue weighted by Crippen LogP contribution is 2.25. The molecule has 1 aliphatic heterocycles. The van der Waals surface area contributed by atoms with E-state index in [0.29, 0.717) is 18.0 Å². The third-order valence-corrected chi connectivity index (χ3v) is 5.42. The van der Waals surface area contributed by atoms with Crippen LogP contribution in [0.4, 0.5) is 0 Å². The fourth-order valence-electron chi connectivity index (χ4n) is 2.46. The quantitative estimate of drug-likeness (QED) is 0.908. The van der Waals surface area contributed by atoms with Crippen LogP contribution >= 0.6 is 27.3 Å². The van der Waals surface area contributed by atoms with E-state index >= 15 is 0 Å². The fourth-order valence-corrected chi connectivity index (χ4v) is 3.97. The molecule has 1 N–H and O–H groups in total. The Bertz CT molecular complexity index is 378. The Hall–Kier alpha value is 0.1000. The average molecular weight is 331 g/mol. The van der Waals surface area contributed by atoms with E-state index in [0.717, 1.165) is 19.6 Å². The van der Waals surface area contributed by atoms with Crippen LogP contribution < -0.4 is 5.32 Å². The Morgan fingerprint density at radius 1 is 1.50 bits per heavy atom. The number of thiophene rings is 1. The van der Waals surface area contributed by atoms with Gasteiger partial charge in [0, 0.05) is 30.1 Å². The summed E-state index contributed by atoms with van der Waals surface area (Å²) in [5.41, 5.74) is 0. The van der Waals surface area contributed by atoms with Gasteiger partial charge in [0.05, 0.1) is 3.79 Å². The van der Waals surface area contributed by atoms with Crippen molar-refractivity contribution in [2.75, 3.05) is 13.1 Å². The third-order valence-electron chi connectivity index (χ3n) is 3.82. The molecule has 1 saturated heterocycles. The van der Waals surface area contributed by atoms with Crippen molar-refractivity contribution in [3.63, 3.8) is 0 Å². The lowest BCUT2D eigenvalue weighted by Gasteiger charge is -2.30. The highest BCUT2D eigenvalue weighted by molar-refractivity contribution is 9.11. The zero-order valence-electron chi connectivity index (χ0n) is 11.4. The van der Waals surface area contributed by atoms with Crippen LogP contribution in [0.15, 0.2) is 15.9 Å². The van der Waals surface area contributed by atoms with Crippen molar-refractivity contribution in [1.29, 1.82) is 0 Å². The minimum absolute atomic E-state index is 0.623. The van der Waals surface area contributed by atoms with Gasteiger partial charge in [0.1, 0.15) is 0 Å². The maximum Gasteiger partial charge on any atom is 0.0701 e. The summed E-state index contributed by atoms with van der Waals surface area (Å²) >= 11 is 5.40. The normalized spacial score (nSPS) is 26.5. The molecule has 2 rings (SSSR count). The van der Waals surface area contributed by atoms with Crippen molar-refractivity contribution >= 4 is 27.3 Å². The van der Waals surface area contributed by atoms with E-state index in [4.69, 9.17) is 0 Å². The molecule has 102 valence electrons. The molecule has 1 aromatic rings. The highest BCUT2D eigenvalue weighted by atomic mass is 79.9. The monoisotopic (exact) mass is 330 g/mol. The largest absolute Gasteiger partial charge is 0.312 e. The number of nitrogens with zero attached hydrogens (tertiary/aromatic N) is 1. The summed E-state index contributed by atoms with van der Waals surface area (Å²) < 4.78 is 1.23. The molecule has 0 aromatic carbocycles. The molecule has 1 aliphatic rings. The lowest BCUT2D eigenvalue weighted by molar-refractivity contribution is 0.185. The number of rotatable bonds is 3. The van der Waals surface area contributed by atoms with Crippen LogP contribution in [0.2, 0.25) is 0 Å². The summed E-state index contributed by atoms with van der Waals surface area (Å²) in [4.78, 5) is 4.08. The molecule has 2 nitrogen and oxygen atoms in total. The predicted molar refractivity (Wildman–Crippen MR) is 83.1 cm³/mol. The Morgan fingerprint density at radius 3 is 2.89 bits per heavy atom. The summed E-state index contributed by atoms with van der Waals surface area (Å²) in [5.74, 6) is 0.702. The highest BCUT2D eigenvalue weighted by Gasteiger charge is 2.24. The van der Waals surface area contributed by atoms with Gasteiger partial charge in [0.2, 0.25) is 0 Å². The second kappa shape index (κ2) is 6.51. The lowest BCUT2D eigenvalue weighted by Crippen LogP contribution is -2.42. The maximum atomic E-state index is 3.68. The molecule has 2 heterocycles. The summed E-state index contributed by atoms with van der Waals surface area (Å²) in [6.45, 7) is 10.4. The van der Waals surface area contributed by atoms with Gasteiger partial charge in [0.15, 0.2) is 0 Å². The zero-order valence-corrected chi connectivity index (χ0v) is 13.9. The molecule has 0 amide bonds. The number of halogens is 1. The molecular formula is C14H23BrN2S. The van der Waals surface area contributed by atoms with Gasteiger partial charge in [-0.15, -0.1) is 11.3 Å². The first-order valence-electron chi connectivity index (χ1n) is 6.78. The van der Waals surface area contributed by atoms with Gasteiger partial charge >= 0.3 is 0 Å². The van der Waals surface area contributed by atoms with E-state index in [1.165, 1.54) is 15.1 Å². The van der Waals surface area contributed by atoms with E-state index in [-0.39, 0.29) is 0 Å². The smallest absolute Gasteiger partial charge is 0.0701 e. The van der Waals surface area contributed by atoms with Crippen LogP contribution in [-0.2, 0) is 6.54 Å². The van der Waals surface area contributed by atoms with E-state index in [1.807, 2.05) is 11.3 Å².